The van der Waals surface area contributed by atoms with Crippen LogP contribution in [0.1, 0.15) is 51.1 Å². The van der Waals surface area contributed by atoms with Crippen LogP contribution >= 0.6 is 0 Å². The molecule has 13 heteroatoms. The van der Waals surface area contributed by atoms with E-state index in [1.807, 2.05) is 6.07 Å². The first kappa shape index (κ1) is 34.4. The molecule has 3 heterocycles. The Balaban J connectivity index is 1.15. The molecule has 1 aromatic heterocycles. The Bertz CT molecular complexity index is 1790. The number of hydrogen-bond donors (Lipinski definition) is 3. The zero-order chi connectivity index (χ0) is 34.2. The molecule has 48 heavy (non-hydrogen) atoms. The van der Waals surface area contributed by atoms with Gasteiger partial charge in [-0.2, -0.15) is 13.2 Å². The third-order valence-corrected chi connectivity index (χ3v) is 11.8. The highest BCUT2D eigenvalue weighted by atomic mass is 32.2. The van der Waals surface area contributed by atoms with Crippen LogP contribution in [-0.2, 0) is 21.3 Å². The highest BCUT2D eigenvalue weighted by Crippen LogP contribution is 2.47. The van der Waals surface area contributed by atoms with E-state index in [-0.39, 0.29) is 28.7 Å². The van der Waals surface area contributed by atoms with Crippen LogP contribution in [0.5, 0.6) is 5.75 Å². The van der Waals surface area contributed by atoms with Gasteiger partial charge in [-0.1, -0.05) is 12.0 Å². The molecule has 0 bridgehead atoms. The first-order valence-electron chi connectivity index (χ1n) is 16.5. The number of hydrogen-bond acceptors (Lipinski definition) is 7. The molecule has 9 nitrogen and oxygen atoms in total. The van der Waals surface area contributed by atoms with Crippen LogP contribution in [0.25, 0.3) is 10.9 Å². The van der Waals surface area contributed by atoms with E-state index in [0.717, 1.165) is 70.5 Å². The third kappa shape index (κ3) is 7.27. The van der Waals surface area contributed by atoms with E-state index in [1.54, 1.807) is 24.3 Å². The molecule has 0 amide bonds. The quantitative estimate of drug-likeness (QED) is 0.245. The first-order valence-corrected chi connectivity index (χ1v) is 17.9. The van der Waals surface area contributed by atoms with Crippen molar-refractivity contribution >= 4 is 32.3 Å². The number of fused-ring (bicyclic) bond motifs is 1. The molecule has 0 radical (unpaired) electrons. The van der Waals surface area contributed by atoms with Crippen molar-refractivity contribution in [1.29, 1.82) is 0 Å². The summed E-state index contributed by atoms with van der Waals surface area (Å²) in [6, 6.07) is 11.8. The highest BCUT2D eigenvalue weighted by molar-refractivity contribution is 7.89. The molecule has 0 unspecified atom stereocenters. The first-order chi connectivity index (χ1) is 22.8. The van der Waals surface area contributed by atoms with E-state index in [9.17, 15) is 21.6 Å². The number of anilines is 2. The Kier molecular flexibility index (Phi) is 9.65. The molecule has 1 saturated carbocycles. The lowest BCUT2D eigenvalue weighted by Crippen LogP contribution is -2.66. The second-order valence-electron chi connectivity index (χ2n) is 13.6. The summed E-state index contributed by atoms with van der Waals surface area (Å²) in [5.41, 5.74) is 2.66. The molecule has 3 aliphatic rings. The second-order valence-corrected chi connectivity index (χ2v) is 15.5. The van der Waals surface area contributed by atoms with Gasteiger partial charge in [0.2, 0.25) is 10.0 Å². The van der Waals surface area contributed by atoms with Gasteiger partial charge >= 0.3 is 6.18 Å². The van der Waals surface area contributed by atoms with Gasteiger partial charge in [0.05, 0.1) is 35.4 Å². The average molecular weight is 688 g/mol. The summed E-state index contributed by atoms with van der Waals surface area (Å²) < 4.78 is 80.0. The maximum atomic E-state index is 13.8. The average Bonchev–Trinajstić information content (AvgIpc) is 3.39. The number of ether oxygens (including phenoxy) is 2. The van der Waals surface area contributed by atoms with Crippen LogP contribution in [0.4, 0.5) is 24.5 Å². The lowest BCUT2D eigenvalue weighted by Gasteiger charge is -2.60. The zero-order valence-corrected chi connectivity index (χ0v) is 28.5. The van der Waals surface area contributed by atoms with Crippen LogP contribution < -0.4 is 20.1 Å². The Hall–Kier alpha value is -3.44. The Labute approximate surface area is 280 Å². The Morgan fingerprint density at radius 1 is 1.04 bits per heavy atom. The molecule has 6 rings (SSSR count). The fourth-order valence-electron chi connectivity index (χ4n) is 7.43. The molecule has 3 fully saturated rings. The molecule has 2 aliphatic heterocycles. The minimum Gasteiger partial charge on any atom is -0.495 e. The third-order valence-electron chi connectivity index (χ3n) is 10.4. The molecule has 3 aromatic rings. The number of benzene rings is 2. The van der Waals surface area contributed by atoms with Crippen molar-refractivity contribution in [2.24, 2.45) is 5.41 Å². The summed E-state index contributed by atoms with van der Waals surface area (Å²) in [5, 5.41) is 7.45. The number of rotatable bonds is 9. The predicted molar refractivity (Wildman–Crippen MR) is 181 cm³/mol. The summed E-state index contributed by atoms with van der Waals surface area (Å²) >= 11 is 0. The number of nitrogens with zero attached hydrogens (tertiary/aromatic N) is 2. The molecule has 3 N–H and O–H groups in total. The van der Waals surface area contributed by atoms with Gasteiger partial charge in [-0.05, 0) is 88.7 Å². The van der Waals surface area contributed by atoms with E-state index in [0.29, 0.717) is 27.8 Å². The minimum atomic E-state index is -4.43. The summed E-state index contributed by atoms with van der Waals surface area (Å²) in [5.74, 6) is 6.16. The number of aromatic nitrogens is 1. The van der Waals surface area contributed by atoms with Crippen LogP contribution in [0.15, 0.2) is 47.4 Å². The lowest BCUT2D eigenvalue weighted by molar-refractivity contribution is -0.140. The molecular weight excluding hydrogens is 643 g/mol. The smallest absolute Gasteiger partial charge is 0.406 e. The van der Waals surface area contributed by atoms with Crippen molar-refractivity contribution in [2.75, 3.05) is 57.6 Å². The maximum absolute atomic E-state index is 13.8. The van der Waals surface area contributed by atoms with Crippen molar-refractivity contribution in [3.8, 4) is 17.6 Å². The summed E-state index contributed by atoms with van der Waals surface area (Å²) in [4.78, 5) is 2.70. The van der Waals surface area contributed by atoms with E-state index in [2.05, 4.69) is 39.0 Å². The maximum Gasteiger partial charge on any atom is 0.406 e. The number of likely N-dealkylation sites (tertiary alicyclic amines) is 1. The number of halogens is 3. The fourth-order valence-corrected chi connectivity index (χ4v) is 8.17. The van der Waals surface area contributed by atoms with Gasteiger partial charge < -0.3 is 24.7 Å². The standard InChI is InChI=1S/C35H44F3N5O4S/c1-33(42-22-34(23-42)15-18-47-19-16-34)13-11-25(12-14-33)41-29-7-4-8-31-28(29)20-26(43(31)24-35(36,37)38)6-5-17-40-30-10-9-27(21-32(30)46-3)48(44,45)39-2/h4,7-10,20-21,25,39-41H,11-19,22-24H2,1-3H3. The van der Waals surface area contributed by atoms with Gasteiger partial charge in [-0.3, -0.25) is 4.90 Å². The number of methoxy groups -OCH3 is 1. The van der Waals surface area contributed by atoms with Crippen molar-refractivity contribution in [2.45, 2.75) is 74.6 Å². The lowest BCUT2D eigenvalue weighted by atomic mass is 9.68. The second kappa shape index (κ2) is 13.5. The van der Waals surface area contributed by atoms with E-state index < -0.39 is 22.7 Å². The van der Waals surface area contributed by atoms with Crippen LogP contribution in [0, 0.1) is 17.3 Å². The van der Waals surface area contributed by atoms with Gasteiger partial charge in [0, 0.05) is 60.4 Å². The topological polar surface area (TPSA) is 96.9 Å². The number of sulfonamides is 1. The van der Waals surface area contributed by atoms with Gasteiger partial charge in [0.25, 0.3) is 0 Å². The monoisotopic (exact) mass is 687 g/mol. The van der Waals surface area contributed by atoms with Crippen LogP contribution in [0.2, 0.25) is 0 Å². The summed E-state index contributed by atoms with van der Waals surface area (Å²) in [7, 11) is -0.917. The largest absolute Gasteiger partial charge is 0.495 e. The van der Waals surface area contributed by atoms with Crippen molar-refractivity contribution in [3.63, 3.8) is 0 Å². The predicted octanol–water partition coefficient (Wildman–Crippen LogP) is 5.81. The van der Waals surface area contributed by atoms with Crippen LogP contribution in [0.3, 0.4) is 0 Å². The van der Waals surface area contributed by atoms with Gasteiger partial charge in [0.1, 0.15) is 12.3 Å². The molecular formula is C35H44F3N5O4S. The molecule has 0 atom stereocenters. The Morgan fingerprint density at radius 3 is 2.44 bits per heavy atom. The normalized spacial score (nSPS) is 22.9. The minimum absolute atomic E-state index is 0.0430. The summed E-state index contributed by atoms with van der Waals surface area (Å²) in [6.07, 6.45) is 2.01. The zero-order valence-electron chi connectivity index (χ0n) is 27.7. The molecule has 260 valence electrons. The Morgan fingerprint density at radius 2 is 1.77 bits per heavy atom. The number of nitrogens with one attached hydrogen (secondary N) is 3. The van der Waals surface area contributed by atoms with Gasteiger partial charge in [-0.25, -0.2) is 13.1 Å². The van der Waals surface area contributed by atoms with E-state index >= 15 is 0 Å². The van der Waals surface area contributed by atoms with Crippen molar-refractivity contribution in [1.82, 2.24) is 14.2 Å². The highest BCUT2D eigenvalue weighted by Gasteiger charge is 2.50. The molecule has 2 aromatic carbocycles. The van der Waals surface area contributed by atoms with E-state index in [1.165, 1.54) is 30.9 Å². The van der Waals surface area contributed by atoms with Crippen molar-refractivity contribution < 1.29 is 31.1 Å². The molecule has 1 aliphatic carbocycles. The van der Waals surface area contributed by atoms with Gasteiger partial charge in [0.15, 0.2) is 0 Å². The fraction of sp³-hybridized carbons (Fsp3) is 0.543. The van der Waals surface area contributed by atoms with Gasteiger partial charge in [-0.15, -0.1) is 0 Å². The molecule has 2 saturated heterocycles. The SMILES string of the molecule is CNS(=O)(=O)c1ccc(NCC#Cc2cc3c(NC4CCC(C)(N5CC6(CCOCC6)C5)CC4)cccc3n2CC(F)(F)F)c(OC)c1. The van der Waals surface area contributed by atoms with Crippen LogP contribution in [-0.4, -0.2) is 82.6 Å². The molecule has 1 spiro atoms. The summed E-state index contributed by atoms with van der Waals surface area (Å²) in [6.45, 7) is 5.36. The van der Waals surface area contributed by atoms with E-state index in [4.69, 9.17) is 9.47 Å². The van der Waals surface area contributed by atoms with Crippen molar-refractivity contribution in [3.05, 3.63) is 48.2 Å². The number of alkyl halides is 3.